The highest BCUT2D eigenvalue weighted by Crippen LogP contribution is 2.33. The molecule has 2 aromatic rings. The van der Waals surface area contributed by atoms with Crippen LogP contribution in [0.15, 0.2) is 42.6 Å². The molecule has 1 aliphatic carbocycles. The van der Waals surface area contributed by atoms with Crippen molar-refractivity contribution in [3.63, 3.8) is 0 Å². The van der Waals surface area contributed by atoms with Gasteiger partial charge in [0.15, 0.2) is 0 Å². The van der Waals surface area contributed by atoms with E-state index in [1.807, 2.05) is 12.3 Å². The van der Waals surface area contributed by atoms with Crippen molar-refractivity contribution in [3.8, 4) is 0 Å². The third-order valence-electron chi connectivity index (χ3n) is 4.47. The molecule has 0 radical (unpaired) electrons. The first-order chi connectivity index (χ1) is 9.83. The van der Waals surface area contributed by atoms with E-state index in [9.17, 15) is 0 Å². The average Bonchev–Trinajstić information content (AvgIpc) is 3.03. The molecule has 1 atom stereocenters. The lowest BCUT2D eigenvalue weighted by atomic mass is 9.81. The predicted octanol–water partition coefficient (Wildman–Crippen LogP) is 3.79. The van der Waals surface area contributed by atoms with Gasteiger partial charge < -0.3 is 5.32 Å². The number of hydrogen-bond acceptors (Lipinski definition) is 2. The summed E-state index contributed by atoms with van der Waals surface area (Å²) in [5, 5.41) is 10.8. The molecule has 1 heterocycles. The Morgan fingerprint density at radius 2 is 1.85 bits per heavy atom. The largest absolute Gasteiger partial charge is 0.306 e. The molecule has 1 aromatic heterocycles. The summed E-state index contributed by atoms with van der Waals surface area (Å²) in [7, 11) is 0. The van der Waals surface area contributed by atoms with Crippen LogP contribution in [0.25, 0.3) is 0 Å². The molecule has 2 N–H and O–H groups in total. The normalized spacial score (nSPS) is 24.4. The van der Waals surface area contributed by atoms with E-state index in [1.54, 1.807) is 0 Å². The van der Waals surface area contributed by atoms with Crippen molar-refractivity contribution in [2.24, 2.45) is 0 Å². The van der Waals surface area contributed by atoms with Crippen LogP contribution in [-0.2, 0) is 0 Å². The van der Waals surface area contributed by atoms with Gasteiger partial charge in [0.05, 0.1) is 5.69 Å². The Labute approximate surface area is 120 Å². The number of H-pyrrole nitrogens is 1. The van der Waals surface area contributed by atoms with E-state index in [2.05, 4.69) is 52.8 Å². The average molecular weight is 269 g/mol. The lowest BCUT2D eigenvalue weighted by Gasteiger charge is -2.31. The third-order valence-corrected chi connectivity index (χ3v) is 4.47. The number of aromatic amines is 1. The van der Waals surface area contributed by atoms with Crippen LogP contribution < -0.4 is 5.32 Å². The van der Waals surface area contributed by atoms with Crippen LogP contribution in [0.4, 0.5) is 0 Å². The number of nitrogens with zero attached hydrogens (tertiary/aromatic N) is 1. The highest BCUT2D eigenvalue weighted by Gasteiger charge is 2.23. The highest BCUT2D eigenvalue weighted by atomic mass is 15.1. The maximum absolute atomic E-state index is 4.02. The monoisotopic (exact) mass is 269 g/mol. The van der Waals surface area contributed by atoms with Crippen molar-refractivity contribution in [1.82, 2.24) is 15.5 Å². The minimum Gasteiger partial charge on any atom is -0.306 e. The topological polar surface area (TPSA) is 40.7 Å². The summed E-state index contributed by atoms with van der Waals surface area (Å²) in [5.41, 5.74) is 2.68. The van der Waals surface area contributed by atoms with Gasteiger partial charge in [0.25, 0.3) is 0 Å². The van der Waals surface area contributed by atoms with Crippen molar-refractivity contribution in [1.29, 1.82) is 0 Å². The molecular weight excluding hydrogens is 246 g/mol. The van der Waals surface area contributed by atoms with E-state index in [-0.39, 0.29) is 0 Å². The first-order valence-corrected chi connectivity index (χ1v) is 7.63. The Morgan fingerprint density at radius 3 is 2.50 bits per heavy atom. The fraction of sp³-hybridized carbons (Fsp3) is 0.471. The molecule has 3 nitrogen and oxygen atoms in total. The lowest BCUT2D eigenvalue weighted by molar-refractivity contribution is 0.320. The second-order valence-corrected chi connectivity index (χ2v) is 5.86. The first kappa shape index (κ1) is 13.4. The Hall–Kier alpha value is -1.61. The molecule has 0 saturated heterocycles. The molecule has 1 fully saturated rings. The fourth-order valence-electron chi connectivity index (χ4n) is 3.27. The molecule has 106 valence electrons. The van der Waals surface area contributed by atoms with E-state index in [1.165, 1.54) is 36.9 Å². The minimum absolute atomic E-state index is 0.357. The van der Waals surface area contributed by atoms with Gasteiger partial charge >= 0.3 is 0 Å². The van der Waals surface area contributed by atoms with Crippen molar-refractivity contribution >= 4 is 0 Å². The van der Waals surface area contributed by atoms with Crippen LogP contribution in [-0.4, -0.2) is 16.2 Å². The zero-order chi connectivity index (χ0) is 13.8. The van der Waals surface area contributed by atoms with Crippen LogP contribution in [0.1, 0.15) is 55.8 Å². The standard InChI is InChI=1S/C17H23N3/c1-13(17-11-12-18-20-17)19-16-9-7-15(8-10-16)14-5-3-2-4-6-14/h2-6,11-13,15-16,19H,7-10H2,1H3,(H,18,20). The van der Waals surface area contributed by atoms with Crippen molar-refractivity contribution in [2.75, 3.05) is 0 Å². The summed E-state index contributed by atoms with van der Waals surface area (Å²) in [4.78, 5) is 0. The quantitative estimate of drug-likeness (QED) is 0.886. The van der Waals surface area contributed by atoms with E-state index in [0.29, 0.717) is 12.1 Å². The minimum atomic E-state index is 0.357. The van der Waals surface area contributed by atoms with Crippen LogP contribution in [0.3, 0.4) is 0 Å². The molecule has 20 heavy (non-hydrogen) atoms. The Kier molecular flexibility index (Phi) is 4.16. The summed E-state index contributed by atoms with van der Waals surface area (Å²) in [6.07, 6.45) is 6.92. The molecule has 0 bridgehead atoms. The van der Waals surface area contributed by atoms with Crippen molar-refractivity contribution in [2.45, 2.75) is 50.6 Å². The van der Waals surface area contributed by atoms with E-state index in [4.69, 9.17) is 0 Å². The van der Waals surface area contributed by atoms with Crippen molar-refractivity contribution < 1.29 is 0 Å². The molecule has 1 saturated carbocycles. The number of benzene rings is 1. The van der Waals surface area contributed by atoms with E-state index in [0.717, 1.165) is 5.92 Å². The van der Waals surface area contributed by atoms with Gasteiger partial charge in [-0.2, -0.15) is 5.10 Å². The maximum atomic E-state index is 4.02. The van der Waals surface area contributed by atoms with E-state index >= 15 is 0 Å². The Morgan fingerprint density at radius 1 is 1.10 bits per heavy atom. The maximum Gasteiger partial charge on any atom is 0.0518 e. The second-order valence-electron chi connectivity index (χ2n) is 5.86. The smallest absolute Gasteiger partial charge is 0.0518 e. The summed E-state index contributed by atoms with van der Waals surface area (Å²) in [6, 6.07) is 14.0. The SMILES string of the molecule is CC(NC1CCC(c2ccccc2)CC1)c1ccn[nH]1. The fourth-order valence-corrected chi connectivity index (χ4v) is 3.27. The van der Waals surface area contributed by atoms with Gasteiger partial charge in [0.1, 0.15) is 0 Å². The second kappa shape index (κ2) is 6.23. The summed E-state index contributed by atoms with van der Waals surface area (Å²) < 4.78 is 0. The van der Waals surface area contributed by atoms with Crippen LogP contribution in [0.2, 0.25) is 0 Å². The molecule has 1 aromatic carbocycles. The molecule has 0 amide bonds. The molecule has 0 aliphatic heterocycles. The van der Waals surface area contributed by atoms with Gasteiger partial charge in [-0.3, -0.25) is 5.10 Å². The number of hydrogen-bond donors (Lipinski definition) is 2. The van der Waals surface area contributed by atoms with Gasteiger partial charge in [0.2, 0.25) is 0 Å². The molecule has 3 heteroatoms. The van der Waals surface area contributed by atoms with Crippen LogP contribution in [0.5, 0.6) is 0 Å². The molecule has 0 spiro atoms. The van der Waals surface area contributed by atoms with Gasteiger partial charge in [-0.05, 0) is 50.2 Å². The Bertz CT molecular complexity index is 498. The van der Waals surface area contributed by atoms with Gasteiger partial charge in [-0.1, -0.05) is 30.3 Å². The molecule has 1 aliphatic rings. The molecular formula is C17H23N3. The molecule has 1 unspecified atom stereocenters. The summed E-state index contributed by atoms with van der Waals surface area (Å²) in [6.45, 7) is 2.21. The van der Waals surface area contributed by atoms with Crippen LogP contribution in [0, 0.1) is 0 Å². The first-order valence-electron chi connectivity index (χ1n) is 7.63. The zero-order valence-electron chi connectivity index (χ0n) is 12.0. The predicted molar refractivity (Wildman–Crippen MR) is 81.6 cm³/mol. The number of nitrogens with one attached hydrogen (secondary N) is 2. The van der Waals surface area contributed by atoms with Gasteiger partial charge in [0, 0.05) is 18.3 Å². The van der Waals surface area contributed by atoms with Gasteiger partial charge in [-0.25, -0.2) is 0 Å². The van der Waals surface area contributed by atoms with E-state index < -0.39 is 0 Å². The lowest BCUT2D eigenvalue weighted by Crippen LogP contribution is -2.34. The summed E-state index contributed by atoms with van der Waals surface area (Å²) >= 11 is 0. The number of rotatable bonds is 4. The zero-order valence-corrected chi connectivity index (χ0v) is 12.0. The highest BCUT2D eigenvalue weighted by molar-refractivity contribution is 5.20. The van der Waals surface area contributed by atoms with Crippen molar-refractivity contribution in [3.05, 3.63) is 53.9 Å². The van der Waals surface area contributed by atoms with Crippen LogP contribution >= 0.6 is 0 Å². The Balaban J connectivity index is 1.51. The number of aromatic nitrogens is 2. The molecule has 3 rings (SSSR count). The third kappa shape index (κ3) is 3.10. The van der Waals surface area contributed by atoms with Gasteiger partial charge in [-0.15, -0.1) is 0 Å². The summed E-state index contributed by atoms with van der Waals surface area (Å²) in [5.74, 6) is 0.747.